The minimum Gasteiger partial charge on any atom is -0.395 e. The zero-order valence-corrected chi connectivity index (χ0v) is 8.78. The highest BCUT2D eigenvalue weighted by Gasteiger charge is 2.25. The average Bonchev–Trinajstić information content (AvgIpc) is 2.72. The normalized spacial score (nSPS) is 31.1. The maximum atomic E-state index is 8.83. The fraction of sp³-hybridized carbons (Fsp3) is 1.00. The maximum absolute atomic E-state index is 8.83. The molecule has 0 aromatic carbocycles. The van der Waals surface area contributed by atoms with Gasteiger partial charge in [-0.15, -0.1) is 0 Å². The first kappa shape index (κ1) is 10.4. The lowest BCUT2D eigenvalue weighted by Gasteiger charge is -2.37. The Bertz CT molecular complexity index is 163. The molecule has 0 bridgehead atoms. The fourth-order valence-electron chi connectivity index (χ4n) is 2.44. The third-order valence-electron chi connectivity index (χ3n) is 3.37. The van der Waals surface area contributed by atoms with Crippen LogP contribution in [0.15, 0.2) is 0 Å². The Morgan fingerprint density at radius 1 is 1.21 bits per heavy atom. The molecule has 0 aromatic rings. The zero-order chi connectivity index (χ0) is 9.80. The molecule has 0 spiro atoms. The van der Waals surface area contributed by atoms with Crippen molar-refractivity contribution in [2.24, 2.45) is 0 Å². The second kappa shape index (κ2) is 5.07. The van der Waals surface area contributed by atoms with E-state index in [4.69, 9.17) is 5.11 Å². The number of piperazine rings is 1. The number of hydrogen-bond donors (Lipinski definition) is 2. The van der Waals surface area contributed by atoms with Gasteiger partial charge in [-0.2, -0.15) is 0 Å². The first-order chi connectivity index (χ1) is 6.90. The van der Waals surface area contributed by atoms with Gasteiger partial charge in [0.15, 0.2) is 0 Å². The Morgan fingerprint density at radius 2 is 2.00 bits per heavy atom. The number of nitrogens with zero attached hydrogens (tertiary/aromatic N) is 2. The molecule has 2 aliphatic heterocycles. The highest BCUT2D eigenvalue weighted by Crippen LogP contribution is 2.11. The van der Waals surface area contributed by atoms with Crippen LogP contribution in [0.2, 0.25) is 0 Å². The van der Waals surface area contributed by atoms with Crippen molar-refractivity contribution >= 4 is 0 Å². The molecule has 0 saturated carbocycles. The summed E-state index contributed by atoms with van der Waals surface area (Å²) in [4.78, 5) is 4.94. The van der Waals surface area contributed by atoms with Crippen LogP contribution in [0.3, 0.4) is 0 Å². The average molecular weight is 199 g/mol. The largest absolute Gasteiger partial charge is 0.395 e. The summed E-state index contributed by atoms with van der Waals surface area (Å²) in [5.41, 5.74) is 0. The molecule has 2 heterocycles. The van der Waals surface area contributed by atoms with Crippen molar-refractivity contribution in [3.63, 3.8) is 0 Å². The minimum absolute atomic E-state index is 0.297. The second-order valence-electron chi connectivity index (χ2n) is 4.25. The quantitative estimate of drug-likeness (QED) is 0.609. The lowest BCUT2D eigenvalue weighted by atomic mass is 10.2. The molecule has 2 N–H and O–H groups in total. The van der Waals surface area contributed by atoms with Gasteiger partial charge in [0, 0.05) is 45.3 Å². The van der Waals surface area contributed by atoms with E-state index < -0.39 is 0 Å². The monoisotopic (exact) mass is 199 g/mol. The number of rotatable bonds is 3. The van der Waals surface area contributed by atoms with Crippen molar-refractivity contribution in [3.05, 3.63) is 0 Å². The molecule has 0 amide bonds. The summed E-state index contributed by atoms with van der Waals surface area (Å²) in [7, 11) is 0. The first-order valence-corrected chi connectivity index (χ1v) is 5.68. The molecular formula is C10H21N3O. The van der Waals surface area contributed by atoms with E-state index in [0.717, 1.165) is 25.7 Å². The summed E-state index contributed by atoms with van der Waals surface area (Å²) >= 11 is 0. The van der Waals surface area contributed by atoms with Gasteiger partial charge >= 0.3 is 0 Å². The summed E-state index contributed by atoms with van der Waals surface area (Å²) in [6.07, 6.45) is 1.31. The maximum Gasteiger partial charge on any atom is 0.0558 e. The molecule has 2 rings (SSSR count). The molecule has 0 radical (unpaired) electrons. The van der Waals surface area contributed by atoms with Crippen molar-refractivity contribution < 1.29 is 5.11 Å². The van der Waals surface area contributed by atoms with E-state index in [2.05, 4.69) is 15.1 Å². The van der Waals surface area contributed by atoms with Gasteiger partial charge in [-0.1, -0.05) is 0 Å². The number of aliphatic hydroxyl groups is 1. The molecule has 4 nitrogen and oxygen atoms in total. The van der Waals surface area contributed by atoms with Crippen LogP contribution in [0, 0.1) is 0 Å². The predicted octanol–water partition coefficient (Wildman–Crippen LogP) is -1.04. The van der Waals surface area contributed by atoms with Crippen molar-refractivity contribution in [2.45, 2.75) is 12.5 Å². The molecule has 0 unspecified atom stereocenters. The lowest BCUT2D eigenvalue weighted by Crippen LogP contribution is -2.51. The Balaban J connectivity index is 1.72. The van der Waals surface area contributed by atoms with Gasteiger partial charge in [-0.25, -0.2) is 0 Å². The highest BCUT2D eigenvalue weighted by molar-refractivity contribution is 4.84. The summed E-state index contributed by atoms with van der Waals surface area (Å²) in [5.74, 6) is 0. The summed E-state index contributed by atoms with van der Waals surface area (Å²) in [5, 5.41) is 12.2. The van der Waals surface area contributed by atoms with Gasteiger partial charge in [0.2, 0.25) is 0 Å². The van der Waals surface area contributed by atoms with E-state index in [-0.39, 0.29) is 0 Å². The van der Waals surface area contributed by atoms with E-state index >= 15 is 0 Å². The third kappa shape index (κ3) is 2.45. The van der Waals surface area contributed by atoms with Gasteiger partial charge in [0.25, 0.3) is 0 Å². The molecular weight excluding hydrogens is 178 g/mol. The van der Waals surface area contributed by atoms with Gasteiger partial charge in [0.1, 0.15) is 0 Å². The van der Waals surface area contributed by atoms with Crippen LogP contribution in [-0.2, 0) is 0 Å². The molecule has 0 aliphatic carbocycles. The van der Waals surface area contributed by atoms with Gasteiger partial charge in [-0.3, -0.25) is 9.80 Å². The minimum atomic E-state index is 0.297. The molecule has 82 valence electrons. The van der Waals surface area contributed by atoms with Crippen molar-refractivity contribution in [3.8, 4) is 0 Å². The third-order valence-corrected chi connectivity index (χ3v) is 3.37. The fourth-order valence-corrected chi connectivity index (χ4v) is 2.44. The van der Waals surface area contributed by atoms with Crippen LogP contribution in [0.1, 0.15) is 6.42 Å². The molecule has 2 fully saturated rings. The second-order valence-corrected chi connectivity index (χ2v) is 4.25. The molecule has 2 aliphatic rings. The van der Waals surface area contributed by atoms with Gasteiger partial charge in [0.05, 0.1) is 6.61 Å². The van der Waals surface area contributed by atoms with Crippen LogP contribution in [-0.4, -0.2) is 73.4 Å². The van der Waals surface area contributed by atoms with Crippen LogP contribution in [0.25, 0.3) is 0 Å². The Labute approximate surface area is 85.9 Å². The molecule has 14 heavy (non-hydrogen) atoms. The van der Waals surface area contributed by atoms with Crippen LogP contribution < -0.4 is 5.32 Å². The Kier molecular flexibility index (Phi) is 3.75. The molecule has 0 aromatic heterocycles. The number of hydrogen-bond acceptors (Lipinski definition) is 4. The number of aliphatic hydroxyl groups excluding tert-OH is 1. The zero-order valence-electron chi connectivity index (χ0n) is 8.78. The summed E-state index contributed by atoms with van der Waals surface area (Å²) in [6, 6.07) is 0.770. The van der Waals surface area contributed by atoms with E-state index in [1.54, 1.807) is 0 Å². The standard InChI is InChI=1S/C10H21N3O/c14-8-7-12-3-5-13(6-4-12)10-1-2-11-9-10/h10-11,14H,1-9H2/t10-/m1/s1. The molecule has 4 heteroatoms. The van der Waals surface area contributed by atoms with E-state index in [0.29, 0.717) is 6.61 Å². The van der Waals surface area contributed by atoms with E-state index in [1.165, 1.54) is 32.6 Å². The summed E-state index contributed by atoms with van der Waals surface area (Å²) < 4.78 is 0. The van der Waals surface area contributed by atoms with Crippen LogP contribution >= 0.6 is 0 Å². The Hall–Kier alpha value is -0.160. The Morgan fingerprint density at radius 3 is 2.57 bits per heavy atom. The molecule has 1 atom stereocenters. The number of nitrogens with one attached hydrogen (secondary N) is 1. The van der Waals surface area contributed by atoms with E-state index in [9.17, 15) is 0 Å². The number of β-amino-alcohol motifs (C(OH)–C–C–N with tert-alkyl or cyclic N) is 1. The van der Waals surface area contributed by atoms with Crippen molar-refractivity contribution in [2.75, 3.05) is 52.4 Å². The highest BCUT2D eigenvalue weighted by atomic mass is 16.3. The van der Waals surface area contributed by atoms with Gasteiger partial charge in [-0.05, 0) is 13.0 Å². The van der Waals surface area contributed by atoms with Crippen LogP contribution in [0.4, 0.5) is 0 Å². The van der Waals surface area contributed by atoms with E-state index in [1.807, 2.05) is 0 Å². The smallest absolute Gasteiger partial charge is 0.0558 e. The lowest BCUT2D eigenvalue weighted by molar-refractivity contribution is 0.0891. The van der Waals surface area contributed by atoms with Crippen LogP contribution in [0.5, 0.6) is 0 Å². The van der Waals surface area contributed by atoms with Crippen molar-refractivity contribution in [1.29, 1.82) is 0 Å². The topological polar surface area (TPSA) is 38.7 Å². The molecule has 2 saturated heterocycles. The van der Waals surface area contributed by atoms with Gasteiger partial charge < -0.3 is 10.4 Å². The predicted molar refractivity (Wildman–Crippen MR) is 56.4 cm³/mol. The first-order valence-electron chi connectivity index (χ1n) is 5.68. The van der Waals surface area contributed by atoms with Crippen molar-refractivity contribution in [1.82, 2.24) is 15.1 Å². The summed E-state index contributed by atoms with van der Waals surface area (Å²) in [6.45, 7) is 8.08. The SMILES string of the molecule is OCCN1CCN([C@@H]2CCNC2)CC1.